The molecule has 10 heteroatoms. The van der Waals surface area contributed by atoms with Gasteiger partial charge in [-0.15, -0.1) is 0 Å². The Hall–Kier alpha value is -3.59. The molecule has 0 aliphatic rings. The molecule has 0 aliphatic carbocycles. The summed E-state index contributed by atoms with van der Waals surface area (Å²) in [5, 5.41) is 1.77. The first-order valence-electron chi connectivity index (χ1n) is 8.52. The molecule has 2 heterocycles. The molecule has 6 nitrogen and oxygen atoms in total. The Bertz CT molecular complexity index is 1320. The third kappa shape index (κ3) is 3.43. The van der Waals surface area contributed by atoms with Crippen molar-refractivity contribution in [2.24, 2.45) is 0 Å². The van der Waals surface area contributed by atoms with Gasteiger partial charge in [0.15, 0.2) is 22.9 Å². The van der Waals surface area contributed by atoms with Crippen molar-refractivity contribution in [2.75, 3.05) is 11.1 Å². The maximum absolute atomic E-state index is 14.3. The van der Waals surface area contributed by atoms with Crippen LogP contribution in [-0.2, 0) is 0 Å². The fraction of sp³-hybridized carbons (Fsp3) is 0.0500. The van der Waals surface area contributed by atoms with Crippen molar-refractivity contribution in [1.82, 2.24) is 9.97 Å². The summed E-state index contributed by atoms with van der Waals surface area (Å²) in [6.45, 7) is 1.61. The minimum Gasteiger partial charge on any atom is -0.434 e. The van der Waals surface area contributed by atoms with Crippen LogP contribution in [0.1, 0.15) is 15.9 Å². The van der Waals surface area contributed by atoms with E-state index in [9.17, 15) is 18.0 Å². The molecule has 2 aromatic carbocycles. The lowest BCUT2D eigenvalue weighted by Crippen LogP contribution is -2.14. The minimum absolute atomic E-state index is 0.0708. The zero-order valence-electron chi connectivity index (χ0n) is 15.3. The highest BCUT2D eigenvalue weighted by atomic mass is 35.5. The van der Waals surface area contributed by atoms with E-state index >= 15 is 0 Å². The number of hydrogen-bond acceptors (Lipinski definition) is 5. The number of rotatable bonds is 3. The molecule has 152 valence electrons. The molecule has 4 aromatic rings. The summed E-state index contributed by atoms with van der Waals surface area (Å²) >= 11 is 5.72. The Morgan fingerprint density at radius 1 is 1.20 bits per heavy atom. The molecule has 0 aliphatic heterocycles. The van der Waals surface area contributed by atoms with Crippen LogP contribution >= 0.6 is 11.6 Å². The molecule has 0 bridgehead atoms. The lowest BCUT2D eigenvalue weighted by Gasteiger charge is -2.12. The van der Waals surface area contributed by atoms with Crippen molar-refractivity contribution in [3.63, 3.8) is 0 Å². The van der Waals surface area contributed by atoms with Crippen LogP contribution in [0.15, 0.2) is 40.9 Å². The molecule has 0 spiro atoms. The molecular weight excluding hydrogens is 421 g/mol. The lowest BCUT2D eigenvalue weighted by atomic mass is 10.1. The van der Waals surface area contributed by atoms with E-state index in [0.29, 0.717) is 16.8 Å². The molecule has 0 atom stereocenters. The van der Waals surface area contributed by atoms with E-state index in [1.165, 1.54) is 18.3 Å². The minimum atomic E-state index is -1.35. The number of aromatic nitrogens is 2. The van der Waals surface area contributed by atoms with Gasteiger partial charge in [0.1, 0.15) is 5.82 Å². The van der Waals surface area contributed by atoms with Crippen LogP contribution in [0.4, 0.5) is 24.5 Å². The van der Waals surface area contributed by atoms with Gasteiger partial charge in [-0.2, -0.15) is 4.98 Å². The van der Waals surface area contributed by atoms with E-state index < -0.39 is 28.4 Å². The van der Waals surface area contributed by atoms with Crippen LogP contribution in [0.3, 0.4) is 0 Å². The first-order chi connectivity index (χ1) is 14.2. The Morgan fingerprint density at radius 3 is 2.73 bits per heavy atom. The highest BCUT2D eigenvalue weighted by molar-refractivity contribution is 6.34. The monoisotopic (exact) mass is 432 g/mol. The molecule has 2 aromatic heterocycles. The quantitative estimate of drug-likeness (QED) is 0.439. The first kappa shape index (κ1) is 19.7. The Morgan fingerprint density at radius 2 is 1.97 bits per heavy atom. The van der Waals surface area contributed by atoms with Crippen LogP contribution < -0.4 is 11.1 Å². The van der Waals surface area contributed by atoms with Gasteiger partial charge in [-0.1, -0.05) is 11.6 Å². The summed E-state index contributed by atoms with van der Waals surface area (Å²) in [6.07, 6.45) is 1.41. The van der Waals surface area contributed by atoms with Crippen LogP contribution in [0.25, 0.3) is 22.7 Å². The van der Waals surface area contributed by atoms with Crippen LogP contribution in [0.2, 0.25) is 5.02 Å². The standard InChI is InChI=1S/C20H12ClF3N4O2/c1-8-12(20-28-18-15(30-20)6-10(25)7-26-18)4-9(22)5-14(8)27-19(29)11-2-3-13(23)17(24)16(11)21/h2-7H,25H2,1H3,(H,27,29). The third-order valence-corrected chi connectivity index (χ3v) is 4.77. The molecule has 3 N–H and O–H groups in total. The van der Waals surface area contributed by atoms with Gasteiger partial charge in [0, 0.05) is 17.3 Å². The molecule has 30 heavy (non-hydrogen) atoms. The summed E-state index contributed by atoms with van der Waals surface area (Å²) in [6, 6.07) is 5.59. The molecule has 0 radical (unpaired) electrons. The topological polar surface area (TPSA) is 94.0 Å². The number of oxazole rings is 1. The summed E-state index contributed by atoms with van der Waals surface area (Å²) in [5.74, 6) is -3.99. The zero-order valence-corrected chi connectivity index (χ0v) is 16.0. The summed E-state index contributed by atoms with van der Waals surface area (Å²) in [5.41, 5.74) is 7.09. The number of carbonyl (C=O) groups is 1. The summed E-state index contributed by atoms with van der Waals surface area (Å²) in [4.78, 5) is 20.8. The highest BCUT2D eigenvalue weighted by Crippen LogP contribution is 2.32. The molecule has 0 saturated carbocycles. The maximum Gasteiger partial charge on any atom is 0.257 e. The number of carbonyl (C=O) groups excluding carboxylic acids is 1. The van der Waals surface area contributed by atoms with E-state index in [2.05, 4.69) is 15.3 Å². The van der Waals surface area contributed by atoms with Crippen molar-refractivity contribution < 1.29 is 22.4 Å². The molecule has 0 unspecified atom stereocenters. The Labute approximate surface area is 172 Å². The van der Waals surface area contributed by atoms with Crippen molar-refractivity contribution in [3.8, 4) is 11.5 Å². The number of benzene rings is 2. The molecular formula is C20H12ClF3N4O2. The predicted molar refractivity (Wildman–Crippen MR) is 106 cm³/mol. The van der Waals surface area contributed by atoms with Crippen molar-refractivity contribution in [1.29, 1.82) is 0 Å². The van der Waals surface area contributed by atoms with E-state index in [1.54, 1.807) is 6.92 Å². The fourth-order valence-corrected chi connectivity index (χ4v) is 3.11. The maximum atomic E-state index is 14.3. The number of anilines is 2. The Balaban J connectivity index is 1.74. The molecule has 1 amide bonds. The van der Waals surface area contributed by atoms with Crippen molar-refractivity contribution in [3.05, 3.63) is 70.1 Å². The van der Waals surface area contributed by atoms with Gasteiger partial charge >= 0.3 is 0 Å². The first-order valence-corrected chi connectivity index (χ1v) is 8.90. The highest BCUT2D eigenvalue weighted by Gasteiger charge is 2.20. The number of nitrogens with two attached hydrogens (primary N) is 1. The molecule has 0 saturated heterocycles. The largest absolute Gasteiger partial charge is 0.434 e. The average molecular weight is 433 g/mol. The van der Waals surface area contributed by atoms with Gasteiger partial charge in [0.25, 0.3) is 5.91 Å². The lowest BCUT2D eigenvalue weighted by molar-refractivity contribution is 0.102. The second-order valence-electron chi connectivity index (χ2n) is 6.41. The third-order valence-electron chi connectivity index (χ3n) is 4.40. The number of nitrogens with zero attached hydrogens (tertiary/aromatic N) is 2. The second kappa shape index (κ2) is 7.34. The normalized spacial score (nSPS) is 11.1. The number of nitrogen functional groups attached to an aromatic ring is 1. The number of hydrogen-bond donors (Lipinski definition) is 2. The van der Waals surface area contributed by atoms with Gasteiger partial charge in [0.2, 0.25) is 5.89 Å². The van der Waals surface area contributed by atoms with Crippen LogP contribution in [0, 0.1) is 24.4 Å². The average Bonchev–Trinajstić information content (AvgIpc) is 3.11. The van der Waals surface area contributed by atoms with Gasteiger partial charge in [-0.3, -0.25) is 4.79 Å². The summed E-state index contributed by atoms with van der Waals surface area (Å²) in [7, 11) is 0. The van der Waals surface area contributed by atoms with Gasteiger partial charge < -0.3 is 15.5 Å². The number of pyridine rings is 1. The van der Waals surface area contributed by atoms with Gasteiger partial charge in [-0.25, -0.2) is 18.2 Å². The van der Waals surface area contributed by atoms with E-state index in [1.807, 2.05) is 0 Å². The summed E-state index contributed by atoms with van der Waals surface area (Å²) < 4.78 is 46.8. The Kier molecular flexibility index (Phi) is 4.83. The van der Waals surface area contributed by atoms with Crippen LogP contribution in [-0.4, -0.2) is 15.9 Å². The van der Waals surface area contributed by atoms with Gasteiger partial charge in [0.05, 0.1) is 22.5 Å². The number of halogens is 4. The zero-order chi connectivity index (χ0) is 21.6. The van der Waals surface area contributed by atoms with Crippen molar-refractivity contribution in [2.45, 2.75) is 6.92 Å². The SMILES string of the molecule is Cc1c(NC(=O)c2ccc(F)c(F)c2Cl)cc(F)cc1-c1nc2ncc(N)cc2o1. The molecule has 0 fully saturated rings. The van der Waals surface area contributed by atoms with E-state index in [0.717, 1.165) is 18.2 Å². The van der Waals surface area contributed by atoms with Crippen molar-refractivity contribution >= 4 is 40.1 Å². The fourth-order valence-electron chi connectivity index (χ4n) is 2.87. The smallest absolute Gasteiger partial charge is 0.257 e. The van der Waals surface area contributed by atoms with Crippen LogP contribution in [0.5, 0.6) is 0 Å². The second-order valence-corrected chi connectivity index (χ2v) is 6.79. The number of amides is 1. The molecule has 4 rings (SSSR count). The number of fused-ring (bicyclic) bond motifs is 1. The predicted octanol–water partition coefficient (Wildman–Crippen LogP) is 5.10. The number of nitrogens with one attached hydrogen (secondary N) is 1. The van der Waals surface area contributed by atoms with E-state index in [-0.39, 0.29) is 28.4 Å². The van der Waals surface area contributed by atoms with E-state index in [4.69, 9.17) is 21.8 Å². The van der Waals surface area contributed by atoms with Gasteiger partial charge in [-0.05, 0) is 36.8 Å².